The van der Waals surface area contributed by atoms with Crippen molar-refractivity contribution in [1.82, 2.24) is 5.32 Å². The van der Waals surface area contributed by atoms with Gasteiger partial charge in [0.25, 0.3) is 5.91 Å². The van der Waals surface area contributed by atoms with Crippen molar-refractivity contribution in [3.05, 3.63) is 60.1 Å². The number of carbonyl (C=O) groups excluding carboxylic acids is 1. The molecule has 4 heteroatoms. The van der Waals surface area contributed by atoms with Crippen molar-refractivity contribution in [2.24, 2.45) is 0 Å². The molecule has 0 radical (unpaired) electrons. The van der Waals surface area contributed by atoms with Gasteiger partial charge in [-0.1, -0.05) is 30.3 Å². The van der Waals surface area contributed by atoms with Crippen LogP contribution >= 0.6 is 0 Å². The molecule has 1 aromatic carbocycles. The molecule has 0 aliphatic rings. The van der Waals surface area contributed by atoms with Crippen molar-refractivity contribution in [3.8, 4) is 0 Å². The van der Waals surface area contributed by atoms with E-state index in [0.717, 1.165) is 12.0 Å². The van der Waals surface area contributed by atoms with Gasteiger partial charge in [-0.2, -0.15) is 0 Å². The number of methoxy groups -OCH3 is 1. The number of hydrogen-bond donors (Lipinski definition) is 1. The lowest BCUT2D eigenvalue weighted by Gasteiger charge is -2.09. The van der Waals surface area contributed by atoms with Crippen LogP contribution in [0.4, 0.5) is 0 Å². The largest absolute Gasteiger partial charge is 0.465 e. The van der Waals surface area contributed by atoms with Crippen LogP contribution in [0, 0.1) is 0 Å². The van der Waals surface area contributed by atoms with Gasteiger partial charge in [0.2, 0.25) is 0 Å². The number of furan rings is 1. The van der Waals surface area contributed by atoms with Crippen LogP contribution in [0.15, 0.2) is 53.1 Å². The Bertz CT molecular complexity index is 573. The molecule has 0 unspecified atom stereocenters. The molecule has 1 aromatic heterocycles. The SMILES string of the molecule is COCCCNC(=O)/C(=C/c1ccco1)c1ccccc1. The van der Waals surface area contributed by atoms with E-state index < -0.39 is 0 Å². The molecular formula is C17H19NO3. The molecule has 2 aromatic rings. The predicted octanol–water partition coefficient (Wildman–Crippen LogP) is 2.97. The lowest BCUT2D eigenvalue weighted by molar-refractivity contribution is -0.115. The van der Waals surface area contributed by atoms with Crippen LogP contribution in [-0.2, 0) is 9.53 Å². The van der Waals surface area contributed by atoms with Crippen LogP contribution in [0.3, 0.4) is 0 Å². The third kappa shape index (κ3) is 4.61. The van der Waals surface area contributed by atoms with E-state index in [1.807, 2.05) is 36.4 Å². The third-order valence-electron chi connectivity index (χ3n) is 2.97. The number of rotatable bonds is 7. The minimum Gasteiger partial charge on any atom is -0.465 e. The Balaban J connectivity index is 2.15. The van der Waals surface area contributed by atoms with E-state index >= 15 is 0 Å². The predicted molar refractivity (Wildman–Crippen MR) is 82.5 cm³/mol. The summed E-state index contributed by atoms with van der Waals surface area (Å²) in [5.74, 6) is 0.537. The number of hydrogen-bond acceptors (Lipinski definition) is 3. The quantitative estimate of drug-likeness (QED) is 0.628. The molecule has 1 amide bonds. The van der Waals surface area contributed by atoms with E-state index in [4.69, 9.17) is 9.15 Å². The van der Waals surface area contributed by atoms with Crippen molar-refractivity contribution >= 4 is 17.6 Å². The van der Waals surface area contributed by atoms with Gasteiger partial charge < -0.3 is 14.5 Å². The minimum atomic E-state index is -0.117. The normalized spacial score (nSPS) is 11.4. The molecule has 0 aliphatic heterocycles. The molecule has 110 valence electrons. The molecule has 0 bridgehead atoms. The van der Waals surface area contributed by atoms with E-state index in [1.165, 1.54) is 0 Å². The Morgan fingerprint density at radius 2 is 2.05 bits per heavy atom. The molecule has 0 atom stereocenters. The van der Waals surface area contributed by atoms with Crippen LogP contribution in [0.2, 0.25) is 0 Å². The van der Waals surface area contributed by atoms with Gasteiger partial charge in [0.1, 0.15) is 5.76 Å². The lowest BCUT2D eigenvalue weighted by Crippen LogP contribution is -2.26. The molecule has 1 N–H and O–H groups in total. The molecule has 2 rings (SSSR count). The van der Waals surface area contributed by atoms with Crippen molar-refractivity contribution in [1.29, 1.82) is 0 Å². The standard InChI is InChI=1S/C17H19NO3/c1-20-11-6-10-18-17(19)16(13-15-9-5-12-21-15)14-7-3-2-4-8-14/h2-5,7-9,12-13H,6,10-11H2,1H3,(H,18,19)/b16-13+. The maximum absolute atomic E-state index is 12.4. The average Bonchev–Trinajstić information content (AvgIpc) is 3.03. The fourth-order valence-electron chi connectivity index (χ4n) is 1.93. The fraction of sp³-hybridized carbons (Fsp3) is 0.235. The third-order valence-corrected chi connectivity index (χ3v) is 2.97. The zero-order valence-corrected chi connectivity index (χ0v) is 12.0. The molecule has 0 saturated carbocycles. The first-order valence-corrected chi connectivity index (χ1v) is 6.89. The second kappa shape index (κ2) is 8.07. The fourth-order valence-corrected chi connectivity index (χ4v) is 1.93. The van der Waals surface area contributed by atoms with Crippen molar-refractivity contribution < 1.29 is 13.9 Å². The molecule has 0 saturated heterocycles. The van der Waals surface area contributed by atoms with Gasteiger partial charge in [-0.15, -0.1) is 0 Å². The van der Waals surface area contributed by atoms with E-state index in [0.29, 0.717) is 24.5 Å². The highest BCUT2D eigenvalue weighted by molar-refractivity contribution is 6.24. The number of nitrogens with one attached hydrogen (secondary N) is 1. The summed E-state index contributed by atoms with van der Waals surface area (Å²) < 4.78 is 10.3. The first-order chi connectivity index (χ1) is 10.3. The zero-order valence-electron chi connectivity index (χ0n) is 12.0. The first kappa shape index (κ1) is 15.1. The zero-order chi connectivity index (χ0) is 14.9. The Kier molecular flexibility index (Phi) is 5.79. The summed E-state index contributed by atoms with van der Waals surface area (Å²) in [4.78, 5) is 12.4. The highest BCUT2D eigenvalue weighted by Gasteiger charge is 2.12. The van der Waals surface area contributed by atoms with Crippen LogP contribution in [0.1, 0.15) is 17.7 Å². The van der Waals surface area contributed by atoms with Crippen LogP contribution in [-0.4, -0.2) is 26.2 Å². The van der Waals surface area contributed by atoms with Gasteiger partial charge in [0.15, 0.2) is 0 Å². The van der Waals surface area contributed by atoms with Crippen molar-refractivity contribution in [2.75, 3.05) is 20.3 Å². The molecular weight excluding hydrogens is 266 g/mol. The van der Waals surface area contributed by atoms with E-state index in [2.05, 4.69) is 5.32 Å². The molecule has 0 spiro atoms. The number of benzene rings is 1. The monoisotopic (exact) mass is 285 g/mol. The second-order valence-electron chi connectivity index (χ2n) is 4.54. The van der Waals surface area contributed by atoms with Crippen LogP contribution in [0.5, 0.6) is 0 Å². The Hall–Kier alpha value is -2.33. The summed E-state index contributed by atoms with van der Waals surface area (Å²) >= 11 is 0. The summed E-state index contributed by atoms with van der Waals surface area (Å²) in [7, 11) is 1.65. The summed E-state index contributed by atoms with van der Waals surface area (Å²) in [6.07, 6.45) is 4.12. The highest BCUT2D eigenvalue weighted by Crippen LogP contribution is 2.18. The smallest absolute Gasteiger partial charge is 0.252 e. The average molecular weight is 285 g/mol. The maximum Gasteiger partial charge on any atom is 0.252 e. The number of carbonyl (C=O) groups is 1. The van der Waals surface area contributed by atoms with E-state index in [9.17, 15) is 4.79 Å². The van der Waals surface area contributed by atoms with Crippen molar-refractivity contribution in [2.45, 2.75) is 6.42 Å². The molecule has 0 aliphatic carbocycles. The van der Waals surface area contributed by atoms with Gasteiger partial charge in [-0.25, -0.2) is 0 Å². The van der Waals surface area contributed by atoms with Gasteiger partial charge in [0, 0.05) is 20.3 Å². The molecule has 21 heavy (non-hydrogen) atoms. The Labute approximate surface area is 124 Å². The second-order valence-corrected chi connectivity index (χ2v) is 4.54. The summed E-state index contributed by atoms with van der Waals surface area (Å²) in [5.41, 5.74) is 1.45. The topological polar surface area (TPSA) is 51.5 Å². The lowest BCUT2D eigenvalue weighted by atomic mass is 10.0. The van der Waals surface area contributed by atoms with E-state index in [1.54, 1.807) is 25.5 Å². The Morgan fingerprint density at radius 3 is 2.71 bits per heavy atom. The number of ether oxygens (including phenoxy) is 1. The summed E-state index contributed by atoms with van der Waals surface area (Å²) in [6.45, 7) is 1.21. The minimum absolute atomic E-state index is 0.117. The van der Waals surface area contributed by atoms with Crippen molar-refractivity contribution in [3.63, 3.8) is 0 Å². The first-order valence-electron chi connectivity index (χ1n) is 6.89. The van der Waals surface area contributed by atoms with Crippen LogP contribution < -0.4 is 5.32 Å². The van der Waals surface area contributed by atoms with Crippen LogP contribution in [0.25, 0.3) is 11.6 Å². The molecule has 4 nitrogen and oxygen atoms in total. The molecule has 1 heterocycles. The molecule has 0 fully saturated rings. The van der Waals surface area contributed by atoms with E-state index in [-0.39, 0.29) is 5.91 Å². The van der Waals surface area contributed by atoms with Gasteiger partial charge >= 0.3 is 0 Å². The van der Waals surface area contributed by atoms with Gasteiger partial charge in [-0.3, -0.25) is 4.79 Å². The summed E-state index contributed by atoms with van der Waals surface area (Å²) in [6, 6.07) is 13.2. The van der Waals surface area contributed by atoms with Gasteiger partial charge in [0.05, 0.1) is 11.8 Å². The maximum atomic E-state index is 12.4. The Morgan fingerprint density at radius 1 is 1.24 bits per heavy atom. The van der Waals surface area contributed by atoms with Gasteiger partial charge in [-0.05, 0) is 30.2 Å². The summed E-state index contributed by atoms with van der Waals surface area (Å²) in [5, 5.41) is 2.90. The number of amides is 1. The highest BCUT2D eigenvalue weighted by atomic mass is 16.5.